The first-order valence-electron chi connectivity index (χ1n) is 5.45. The maximum absolute atomic E-state index is 10.4. The SMILES string of the molecule is CCC(C)(CC)Nc1nnc(SCC(=O)O)s1. The van der Waals surface area contributed by atoms with Gasteiger partial charge >= 0.3 is 5.97 Å². The van der Waals surface area contributed by atoms with E-state index in [4.69, 9.17) is 5.11 Å². The molecule has 0 radical (unpaired) electrons. The number of hydrogen-bond donors (Lipinski definition) is 2. The number of aromatic nitrogens is 2. The Morgan fingerprint density at radius 3 is 2.65 bits per heavy atom. The summed E-state index contributed by atoms with van der Waals surface area (Å²) >= 11 is 2.59. The number of thioether (sulfide) groups is 1. The van der Waals surface area contributed by atoms with Gasteiger partial charge in [0.05, 0.1) is 5.75 Å². The van der Waals surface area contributed by atoms with Crippen molar-refractivity contribution in [3.63, 3.8) is 0 Å². The molecule has 1 rings (SSSR count). The number of rotatable bonds is 7. The molecule has 0 aliphatic heterocycles. The van der Waals surface area contributed by atoms with Gasteiger partial charge in [-0.15, -0.1) is 10.2 Å². The van der Waals surface area contributed by atoms with E-state index in [1.807, 2.05) is 0 Å². The van der Waals surface area contributed by atoms with Crippen LogP contribution in [0.15, 0.2) is 4.34 Å². The van der Waals surface area contributed by atoms with Crippen molar-refractivity contribution in [2.45, 2.75) is 43.5 Å². The molecule has 2 N–H and O–H groups in total. The molecule has 1 heterocycles. The Bertz CT molecular complexity index is 377. The molecule has 0 fully saturated rings. The maximum Gasteiger partial charge on any atom is 0.313 e. The molecule has 7 heteroatoms. The standard InChI is InChI=1S/C10H17N3O2S2/c1-4-10(3,5-2)11-8-12-13-9(17-8)16-6-7(14)15/h4-6H2,1-3H3,(H,11,12)(H,14,15). The largest absolute Gasteiger partial charge is 0.481 e. The number of carbonyl (C=O) groups is 1. The van der Waals surface area contributed by atoms with E-state index in [1.165, 1.54) is 23.1 Å². The molecule has 0 saturated heterocycles. The summed E-state index contributed by atoms with van der Waals surface area (Å²) in [5.74, 6) is -0.820. The Morgan fingerprint density at radius 2 is 2.12 bits per heavy atom. The summed E-state index contributed by atoms with van der Waals surface area (Å²) in [6, 6.07) is 0. The van der Waals surface area contributed by atoms with Crippen molar-refractivity contribution in [2.75, 3.05) is 11.1 Å². The fourth-order valence-corrected chi connectivity index (χ4v) is 2.75. The van der Waals surface area contributed by atoms with Gasteiger partial charge in [0.2, 0.25) is 5.13 Å². The van der Waals surface area contributed by atoms with Crippen molar-refractivity contribution < 1.29 is 9.90 Å². The molecule has 0 atom stereocenters. The van der Waals surface area contributed by atoms with Gasteiger partial charge in [0, 0.05) is 5.54 Å². The van der Waals surface area contributed by atoms with Gasteiger partial charge in [-0.3, -0.25) is 4.79 Å². The zero-order valence-corrected chi connectivity index (χ0v) is 11.8. The molecule has 17 heavy (non-hydrogen) atoms. The van der Waals surface area contributed by atoms with Crippen LogP contribution in [-0.4, -0.2) is 32.6 Å². The first-order chi connectivity index (χ1) is 7.99. The minimum absolute atomic E-state index is 0.0213. The van der Waals surface area contributed by atoms with Crippen LogP contribution in [0.4, 0.5) is 5.13 Å². The second-order valence-corrected chi connectivity index (χ2v) is 6.15. The van der Waals surface area contributed by atoms with Gasteiger partial charge in [-0.1, -0.05) is 36.9 Å². The van der Waals surface area contributed by atoms with E-state index >= 15 is 0 Å². The summed E-state index contributed by atoms with van der Waals surface area (Å²) in [5, 5.41) is 20.6. The lowest BCUT2D eigenvalue weighted by atomic mass is 9.96. The van der Waals surface area contributed by atoms with Crippen LogP contribution in [0.25, 0.3) is 0 Å². The monoisotopic (exact) mass is 275 g/mol. The van der Waals surface area contributed by atoms with Gasteiger partial charge in [-0.05, 0) is 19.8 Å². The van der Waals surface area contributed by atoms with Crippen molar-refractivity contribution in [3.05, 3.63) is 0 Å². The summed E-state index contributed by atoms with van der Waals surface area (Å²) in [4.78, 5) is 10.4. The first-order valence-corrected chi connectivity index (χ1v) is 7.25. The molecular formula is C10H17N3O2S2. The van der Waals surface area contributed by atoms with Crippen LogP contribution in [0.3, 0.4) is 0 Å². The van der Waals surface area contributed by atoms with Crippen LogP contribution in [0.5, 0.6) is 0 Å². The predicted octanol–water partition coefficient (Wildman–Crippen LogP) is 2.71. The fourth-order valence-electron chi connectivity index (χ4n) is 1.13. The van der Waals surface area contributed by atoms with Crippen LogP contribution in [0.1, 0.15) is 33.6 Å². The second kappa shape index (κ2) is 6.20. The number of hydrogen-bond acceptors (Lipinski definition) is 6. The molecule has 0 saturated carbocycles. The summed E-state index contributed by atoms with van der Waals surface area (Å²) in [6.45, 7) is 6.38. The smallest absolute Gasteiger partial charge is 0.313 e. The summed E-state index contributed by atoms with van der Waals surface area (Å²) in [6.07, 6.45) is 2.00. The number of carboxylic acid groups (broad SMARTS) is 1. The highest BCUT2D eigenvalue weighted by Crippen LogP contribution is 2.28. The fraction of sp³-hybridized carbons (Fsp3) is 0.700. The van der Waals surface area contributed by atoms with Gasteiger partial charge in [0.15, 0.2) is 4.34 Å². The van der Waals surface area contributed by atoms with E-state index in [0.717, 1.165) is 18.0 Å². The van der Waals surface area contributed by atoms with Crippen molar-refractivity contribution in [1.29, 1.82) is 0 Å². The highest BCUT2D eigenvalue weighted by Gasteiger charge is 2.21. The van der Waals surface area contributed by atoms with Crippen molar-refractivity contribution in [2.24, 2.45) is 0 Å². The zero-order chi connectivity index (χ0) is 12.9. The average molecular weight is 275 g/mol. The van der Waals surface area contributed by atoms with E-state index in [-0.39, 0.29) is 11.3 Å². The third-order valence-corrected chi connectivity index (χ3v) is 4.65. The minimum atomic E-state index is -0.841. The molecule has 0 bridgehead atoms. The molecule has 0 unspecified atom stereocenters. The Morgan fingerprint density at radius 1 is 1.47 bits per heavy atom. The number of aliphatic carboxylic acids is 1. The number of nitrogens with one attached hydrogen (secondary N) is 1. The number of anilines is 1. The van der Waals surface area contributed by atoms with E-state index in [0.29, 0.717) is 4.34 Å². The minimum Gasteiger partial charge on any atom is -0.481 e. The molecule has 1 aromatic rings. The molecule has 5 nitrogen and oxygen atoms in total. The predicted molar refractivity (Wildman–Crippen MR) is 70.9 cm³/mol. The summed E-state index contributed by atoms with van der Waals surface area (Å²) in [5.41, 5.74) is 0.0221. The van der Waals surface area contributed by atoms with E-state index in [1.54, 1.807) is 0 Å². The average Bonchev–Trinajstić information content (AvgIpc) is 2.74. The van der Waals surface area contributed by atoms with Crippen molar-refractivity contribution >= 4 is 34.2 Å². The Labute approximate surface area is 109 Å². The molecule has 1 aromatic heterocycles. The normalized spacial score (nSPS) is 11.5. The molecule has 0 aromatic carbocycles. The lowest BCUT2D eigenvalue weighted by molar-refractivity contribution is -0.133. The summed E-state index contributed by atoms with van der Waals surface area (Å²) in [7, 11) is 0. The number of carboxylic acids is 1. The third kappa shape index (κ3) is 4.51. The van der Waals surface area contributed by atoms with Gasteiger partial charge in [0.1, 0.15) is 0 Å². The highest BCUT2D eigenvalue weighted by atomic mass is 32.2. The Balaban J connectivity index is 2.59. The van der Waals surface area contributed by atoms with Crippen LogP contribution in [-0.2, 0) is 4.79 Å². The van der Waals surface area contributed by atoms with Gasteiger partial charge in [-0.25, -0.2) is 0 Å². The molecule has 0 aliphatic rings. The van der Waals surface area contributed by atoms with Gasteiger partial charge in [-0.2, -0.15) is 0 Å². The molecule has 0 spiro atoms. The molecule has 0 amide bonds. The van der Waals surface area contributed by atoms with E-state index < -0.39 is 5.97 Å². The number of nitrogens with zero attached hydrogens (tertiary/aromatic N) is 2. The van der Waals surface area contributed by atoms with Crippen LogP contribution in [0, 0.1) is 0 Å². The van der Waals surface area contributed by atoms with Gasteiger partial charge < -0.3 is 10.4 Å². The lowest BCUT2D eigenvalue weighted by Gasteiger charge is -2.27. The van der Waals surface area contributed by atoms with Crippen LogP contribution >= 0.6 is 23.1 Å². The van der Waals surface area contributed by atoms with Gasteiger partial charge in [0.25, 0.3) is 0 Å². The molecular weight excluding hydrogens is 258 g/mol. The summed E-state index contributed by atoms with van der Waals surface area (Å²) < 4.78 is 0.685. The quantitative estimate of drug-likeness (QED) is 0.745. The van der Waals surface area contributed by atoms with Crippen molar-refractivity contribution in [3.8, 4) is 0 Å². The Kier molecular flexibility index (Phi) is 5.20. The topological polar surface area (TPSA) is 75.1 Å². The Hall–Kier alpha value is -0.820. The highest BCUT2D eigenvalue weighted by molar-refractivity contribution is 8.01. The van der Waals surface area contributed by atoms with E-state index in [2.05, 4.69) is 36.3 Å². The third-order valence-electron chi connectivity index (χ3n) is 2.69. The van der Waals surface area contributed by atoms with Crippen LogP contribution in [0.2, 0.25) is 0 Å². The van der Waals surface area contributed by atoms with Crippen LogP contribution < -0.4 is 5.32 Å². The zero-order valence-electron chi connectivity index (χ0n) is 10.2. The molecule has 96 valence electrons. The van der Waals surface area contributed by atoms with E-state index in [9.17, 15) is 4.79 Å². The molecule has 0 aliphatic carbocycles. The maximum atomic E-state index is 10.4. The van der Waals surface area contributed by atoms with Crippen molar-refractivity contribution in [1.82, 2.24) is 10.2 Å². The first kappa shape index (κ1) is 14.2. The second-order valence-electron chi connectivity index (χ2n) is 3.95. The lowest BCUT2D eigenvalue weighted by Crippen LogP contribution is -2.32.